The fraction of sp³-hybridized carbons (Fsp3) is 0.577. The van der Waals surface area contributed by atoms with Crippen LogP contribution in [0.25, 0.3) is 22.1 Å². The number of esters is 1. The Morgan fingerprint density at radius 3 is 2.51 bits per heavy atom. The molecule has 0 amide bonds. The lowest BCUT2D eigenvalue weighted by molar-refractivity contribution is -0.150. The number of halogens is 1. The van der Waals surface area contributed by atoms with Gasteiger partial charge in [0, 0.05) is 31.1 Å². The first kappa shape index (κ1) is 26.9. The number of hydrogen-bond acceptors (Lipinski definition) is 8. The fourth-order valence-corrected chi connectivity index (χ4v) is 4.56. The maximum absolute atomic E-state index is 12.9. The molecule has 0 N–H and O–H groups in total. The standard InChI is InChI=1S/C26H33BrN6O4/c1-16(36-23(34)26(5,6)27)21-30-19-15-29-22-18(10-14-32(22)24(35)37-25(2,3)4)20(19)33(21)31-12-8-17(7-11-28)9-13-31/h10,14-17H,7-9,12-13H2,1-6H3/t16-/m1/s1. The molecule has 4 rings (SSSR count). The first-order chi connectivity index (χ1) is 17.3. The topological polar surface area (TPSA) is 115 Å². The van der Waals surface area contributed by atoms with Crippen LogP contribution in [0.1, 0.15) is 72.7 Å². The van der Waals surface area contributed by atoms with E-state index in [1.165, 1.54) is 4.57 Å². The van der Waals surface area contributed by atoms with Gasteiger partial charge in [0.1, 0.15) is 21.0 Å². The molecular formula is C26H33BrN6O4. The molecule has 0 bridgehead atoms. The molecule has 1 fully saturated rings. The summed E-state index contributed by atoms with van der Waals surface area (Å²) in [4.78, 5) is 34.9. The van der Waals surface area contributed by atoms with E-state index in [4.69, 9.17) is 19.7 Å². The van der Waals surface area contributed by atoms with Gasteiger partial charge >= 0.3 is 12.1 Å². The molecule has 3 aromatic rings. The molecular weight excluding hydrogens is 540 g/mol. The van der Waals surface area contributed by atoms with Crippen molar-refractivity contribution in [3.63, 3.8) is 0 Å². The number of nitriles is 1. The first-order valence-corrected chi connectivity index (χ1v) is 13.2. The SMILES string of the molecule is C[C@@H](OC(=O)C(C)(C)Br)c1nc2cnc3c(ccn3C(=O)OC(C)(C)C)c2n1N1CCC(CC#N)CC1. The summed E-state index contributed by atoms with van der Waals surface area (Å²) >= 11 is 3.37. The maximum atomic E-state index is 12.9. The summed E-state index contributed by atoms with van der Waals surface area (Å²) in [6, 6.07) is 4.11. The van der Waals surface area contributed by atoms with Gasteiger partial charge in [0.2, 0.25) is 0 Å². The number of piperidine rings is 1. The summed E-state index contributed by atoms with van der Waals surface area (Å²) < 4.78 is 13.9. The van der Waals surface area contributed by atoms with Crippen LogP contribution in [0.15, 0.2) is 18.5 Å². The number of carbonyl (C=O) groups excluding carboxylic acids is 2. The molecule has 4 heterocycles. The van der Waals surface area contributed by atoms with Crippen LogP contribution in [0.3, 0.4) is 0 Å². The molecule has 0 unspecified atom stereocenters. The number of fused-ring (bicyclic) bond motifs is 3. The Bertz CT molecular complexity index is 1370. The van der Waals surface area contributed by atoms with Crippen LogP contribution in [0.5, 0.6) is 0 Å². The number of pyridine rings is 1. The van der Waals surface area contributed by atoms with E-state index < -0.39 is 28.1 Å². The van der Waals surface area contributed by atoms with Crippen molar-refractivity contribution in [3.8, 4) is 6.07 Å². The number of carbonyl (C=O) groups is 2. The second kappa shape index (κ2) is 9.97. The molecule has 0 saturated carbocycles. The van der Waals surface area contributed by atoms with Gasteiger partial charge < -0.3 is 14.5 Å². The van der Waals surface area contributed by atoms with Crippen molar-refractivity contribution in [2.45, 2.75) is 76.8 Å². The number of ether oxygens (including phenoxy) is 2. The third-order valence-corrected chi connectivity index (χ3v) is 6.63. The second-order valence-electron chi connectivity index (χ2n) is 11.0. The smallest absolute Gasteiger partial charge is 0.420 e. The minimum atomic E-state index is -0.840. The quantitative estimate of drug-likeness (QED) is 0.302. The summed E-state index contributed by atoms with van der Waals surface area (Å²) in [5.41, 5.74) is 1.22. The Kier molecular flexibility index (Phi) is 7.25. The van der Waals surface area contributed by atoms with Crippen LogP contribution < -0.4 is 5.01 Å². The van der Waals surface area contributed by atoms with Gasteiger partial charge in [0.25, 0.3) is 0 Å². The van der Waals surface area contributed by atoms with Crippen LogP contribution >= 0.6 is 15.9 Å². The van der Waals surface area contributed by atoms with Gasteiger partial charge in [-0.05, 0) is 66.4 Å². The molecule has 0 aliphatic carbocycles. The highest BCUT2D eigenvalue weighted by molar-refractivity contribution is 9.10. The Morgan fingerprint density at radius 1 is 1.24 bits per heavy atom. The number of nitrogens with zero attached hydrogens (tertiary/aromatic N) is 6. The maximum Gasteiger partial charge on any atom is 0.420 e. The summed E-state index contributed by atoms with van der Waals surface area (Å²) in [7, 11) is 0. The van der Waals surface area contributed by atoms with E-state index in [0.717, 1.165) is 23.7 Å². The molecule has 0 spiro atoms. The van der Waals surface area contributed by atoms with E-state index in [-0.39, 0.29) is 0 Å². The van der Waals surface area contributed by atoms with Gasteiger partial charge in [-0.2, -0.15) is 5.26 Å². The highest BCUT2D eigenvalue weighted by Gasteiger charge is 2.32. The lowest BCUT2D eigenvalue weighted by Gasteiger charge is -2.35. The highest BCUT2D eigenvalue weighted by atomic mass is 79.9. The third kappa shape index (κ3) is 5.59. The van der Waals surface area contributed by atoms with Gasteiger partial charge in [-0.25, -0.2) is 24.0 Å². The van der Waals surface area contributed by atoms with Crippen LogP contribution in [-0.4, -0.2) is 54.3 Å². The number of aromatic nitrogens is 4. The molecule has 11 heteroatoms. The van der Waals surface area contributed by atoms with Crippen molar-refractivity contribution in [1.29, 1.82) is 5.26 Å². The number of rotatable bonds is 5. The lowest BCUT2D eigenvalue weighted by atomic mass is 9.95. The minimum Gasteiger partial charge on any atom is -0.453 e. The van der Waals surface area contributed by atoms with E-state index in [2.05, 4.69) is 32.0 Å². The average Bonchev–Trinajstić information content (AvgIpc) is 3.39. The Hall–Kier alpha value is -3.13. The van der Waals surface area contributed by atoms with Crippen molar-refractivity contribution in [2.24, 2.45) is 5.92 Å². The zero-order valence-corrected chi connectivity index (χ0v) is 23.7. The molecule has 1 saturated heterocycles. The van der Waals surface area contributed by atoms with E-state index in [9.17, 15) is 9.59 Å². The van der Waals surface area contributed by atoms with Crippen molar-refractivity contribution >= 4 is 50.1 Å². The lowest BCUT2D eigenvalue weighted by Crippen LogP contribution is -2.43. The largest absolute Gasteiger partial charge is 0.453 e. The molecule has 1 aliphatic rings. The summed E-state index contributed by atoms with van der Waals surface area (Å²) in [6.07, 6.45) is 4.39. The fourth-order valence-electron chi connectivity index (χ4n) is 4.47. The monoisotopic (exact) mass is 572 g/mol. The second-order valence-corrected chi connectivity index (χ2v) is 12.9. The third-order valence-electron chi connectivity index (χ3n) is 6.31. The molecule has 37 heavy (non-hydrogen) atoms. The Morgan fingerprint density at radius 2 is 1.92 bits per heavy atom. The molecule has 198 valence electrons. The van der Waals surface area contributed by atoms with Gasteiger partial charge in [-0.1, -0.05) is 15.9 Å². The van der Waals surface area contributed by atoms with Gasteiger partial charge in [-0.15, -0.1) is 0 Å². The summed E-state index contributed by atoms with van der Waals surface area (Å²) in [5, 5.41) is 12.0. The van der Waals surface area contributed by atoms with Crippen LogP contribution in [0, 0.1) is 17.2 Å². The predicted molar refractivity (Wildman–Crippen MR) is 143 cm³/mol. The van der Waals surface area contributed by atoms with Gasteiger partial charge in [-0.3, -0.25) is 4.79 Å². The van der Waals surface area contributed by atoms with Crippen molar-refractivity contribution in [3.05, 3.63) is 24.3 Å². The van der Waals surface area contributed by atoms with E-state index in [1.54, 1.807) is 33.2 Å². The van der Waals surface area contributed by atoms with Crippen molar-refractivity contribution in [1.82, 2.24) is 19.2 Å². The summed E-state index contributed by atoms with van der Waals surface area (Å²) in [5.74, 6) is 0.516. The molecule has 3 aromatic heterocycles. The molecule has 0 radical (unpaired) electrons. The van der Waals surface area contributed by atoms with Gasteiger partial charge in [0.15, 0.2) is 17.6 Å². The van der Waals surface area contributed by atoms with E-state index >= 15 is 0 Å². The van der Waals surface area contributed by atoms with E-state index in [0.29, 0.717) is 42.4 Å². The average molecular weight is 573 g/mol. The number of hydrogen-bond donors (Lipinski definition) is 0. The highest BCUT2D eigenvalue weighted by Crippen LogP contribution is 2.32. The zero-order valence-electron chi connectivity index (χ0n) is 22.1. The Labute approximate surface area is 224 Å². The van der Waals surface area contributed by atoms with Crippen LogP contribution in [-0.2, 0) is 14.3 Å². The molecule has 1 aliphatic heterocycles. The molecule has 0 aromatic carbocycles. The number of imidazole rings is 1. The first-order valence-electron chi connectivity index (χ1n) is 12.4. The van der Waals surface area contributed by atoms with Gasteiger partial charge in [0.05, 0.1) is 12.3 Å². The normalized spacial score (nSPS) is 16.1. The minimum absolute atomic E-state index is 0.346. The van der Waals surface area contributed by atoms with Crippen molar-refractivity contribution < 1.29 is 19.1 Å². The number of alkyl halides is 1. The summed E-state index contributed by atoms with van der Waals surface area (Å²) in [6.45, 7) is 12.1. The predicted octanol–water partition coefficient (Wildman–Crippen LogP) is 5.21. The molecule has 1 atom stereocenters. The molecule has 10 nitrogen and oxygen atoms in total. The zero-order chi connectivity index (χ0) is 27.1. The van der Waals surface area contributed by atoms with Crippen LogP contribution in [0.2, 0.25) is 0 Å². The van der Waals surface area contributed by atoms with Crippen LogP contribution in [0.4, 0.5) is 4.79 Å². The van der Waals surface area contributed by atoms with E-state index in [1.807, 2.05) is 31.5 Å². The Balaban J connectivity index is 1.83. The van der Waals surface area contributed by atoms with Crippen molar-refractivity contribution in [2.75, 3.05) is 18.1 Å².